The number of nitrogens with one attached hydrogen (secondary N) is 1. The van der Waals surface area contributed by atoms with Crippen LogP contribution in [0.25, 0.3) is 10.9 Å². The molecule has 1 aromatic carbocycles. The van der Waals surface area contributed by atoms with Crippen LogP contribution in [0.5, 0.6) is 0 Å². The minimum Gasteiger partial charge on any atom is -0.469 e. The molecule has 2 aromatic rings. The zero-order chi connectivity index (χ0) is 9.97. The van der Waals surface area contributed by atoms with Crippen molar-refractivity contribution < 1.29 is 9.53 Å². The maximum absolute atomic E-state index is 11.0. The van der Waals surface area contributed by atoms with Crippen LogP contribution in [-0.4, -0.2) is 18.1 Å². The Labute approximate surface area is 81.7 Å². The molecule has 3 nitrogen and oxygen atoms in total. The largest absolute Gasteiger partial charge is 0.469 e. The predicted octanol–water partition coefficient (Wildman–Crippen LogP) is 1.88. The molecule has 14 heavy (non-hydrogen) atoms. The Bertz CT molecular complexity index is 459. The number of methoxy groups -OCH3 is 1. The quantitative estimate of drug-likeness (QED) is 0.733. The Morgan fingerprint density at radius 1 is 1.43 bits per heavy atom. The fraction of sp³-hybridized carbons (Fsp3) is 0.182. The number of H-pyrrole nitrogens is 1. The standard InChI is InChI=1S/C11H11NO2/c1-14-11(13)7-8-2-3-9-4-5-12-10(9)6-8/h2-6,12H,7H2,1H3. The number of rotatable bonds is 2. The second kappa shape index (κ2) is 3.54. The highest BCUT2D eigenvalue weighted by molar-refractivity contribution is 5.81. The molecule has 72 valence electrons. The number of aromatic amines is 1. The number of hydrogen-bond acceptors (Lipinski definition) is 2. The van der Waals surface area contributed by atoms with Crippen molar-refractivity contribution in [1.82, 2.24) is 4.98 Å². The Balaban J connectivity index is 2.30. The molecule has 0 saturated carbocycles. The minimum atomic E-state index is -0.212. The van der Waals surface area contributed by atoms with E-state index in [9.17, 15) is 4.79 Å². The first kappa shape index (κ1) is 8.81. The SMILES string of the molecule is COC(=O)Cc1ccc2cc[nH]c2c1. The molecular formula is C11H11NO2. The summed E-state index contributed by atoms with van der Waals surface area (Å²) >= 11 is 0. The number of carbonyl (C=O) groups excluding carboxylic acids is 1. The molecule has 0 amide bonds. The molecule has 0 bridgehead atoms. The molecule has 0 aliphatic heterocycles. The predicted molar refractivity (Wildman–Crippen MR) is 54.0 cm³/mol. The van der Waals surface area contributed by atoms with E-state index in [1.54, 1.807) is 0 Å². The van der Waals surface area contributed by atoms with Crippen LogP contribution < -0.4 is 0 Å². The minimum absolute atomic E-state index is 0.212. The number of benzene rings is 1. The topological polar surface area (TPSA) is 42.1 Å². The van der Waals surface area contributed by atoms with Gasteiger partial charge in [-0.1, -0.05) is 12.1 Å². The van der Waals surface area contributed by atoms with Crippen LogP contribution in [0, 0.1) is 0 Å². The van der Waals surface area contributed by atoms with Gasteiger partial charge in [0.2, 0.25) is 0 Å². The summed E-state index contributed by atoms with van der Waals surface area (Å²) in [6, 6.07) is 7.89. The van der Waals surface area contributed by atoms with Gasteiger partial charge in [0.05, 0.1) is 13.5 Å². The molecule has 0 atom stereocenters. The number of hydrogen-bond donors (Lipinski definition) is 1. The van der Waals surface area contributed by atoms with Gasteiger partial charge < -0.3 is 9.72 Å². The van der Waals surface area contributed by atoms with E-state index in [0.717, 1.165) is 16.5 Å². The van der Waals surface area contributed by atoms with Crippen LogP contribution >= 0.6 is 0 Å². The van der Waals surface area contributed by atoms with E-state index in [-0.39, 0.29) is 5.97 Å². The van der Waals surface area contributed by atoms with Crippen molar-refractivity contribution in [2.45, 2.75) is 6.42 Å². The van der Waals surface area contributed by atoms with Gasteiger partial charge in [0.25, 0.3) is 0 Å². The summed E-state index contributed by atoms with van der Waals surface area (Å²) in [6.07, 6.45) is 2.21. The van der Waals surface area contributed by atoms with Crippen molar-refractivity contribution in [2.24, 2.45) is 0 Å². The molecule has 1 heterocycles. The molecule has 1 aromatic heterocycles. The van der Waals surface area contributed by atoms with Gasteiger partial charge >= 0.3 is 5.97 Å². The number of fused-ring (bicyclic) bond motifs is 1. The lowest BCUT2D eigenvalue weighted by molar-refractivity contribution is -0.139. The maximum Gasteiger partial charge on any atom is 0.309 e. The average molecular weight is 189 g/mol. The van der Waals surface area contributed by atoms with E-state index < -0.39 is 0 Å². The highest BCUT2D eigenvalue weighted by Crippen LogP contribution is 2.14. The fourth-order valence-electron chi connectivity index (χ4n) is 1.44. The number of esters is 1. The lowest BCUT2D eigenvalue weighted by atomic mass is 10.1. The van der Waals surface area contributed by atoms with E-state index >= 15 is 0 Å². The van der Waals surface area contributed by atoms with Crippen molar-refractivity contribution in [3.63, 3.8) is 0 Å². The summed E-state index contributed by atoms with van der Waals surface area (Å²) in [5.74, 6) is -0.212. The summed E-state index contributed by atoms with van der Waals surface area (Å²) < 4.78 is 4.60. The Morgan fingerprint density at radius 3 is 3.07 bits per heavy atom. The Morgan fingerprint density at radius 2 is 2.29 bits per heavy atom. The molecule has 2 rings (SSSR count). The van der Waals surface area contributed by atoms with Crippen LogP contribution in [-0.2, 0) is 16.0 Å². The first-order chi connectivity index (χ1) is 6.79. The highest BCUT2D eigenvalue weighted by Gasteiger charge is 2.03. The van der Waals surface area contributed by atoms with Gasteiger partial charge in [-0.05, 0) is 23.1 Å². The smallest absolute Gasteiger partial charge is 0.309 e. The molecular weight excluding hydrogens is 178 g/mol. The van der Waals surface area contributed by atoms with Gasteiger partial charge in [0.1, 0.15) is 0 Å². The second-order valence-electron chi connectivity index (χ2n) is 3.15. The molecule has 1 N–H and O–H groups in total. The molecule has 0 spiro atoms. The van der Waals surface area contributed by atoms with Gasteiger partial charge in [0, 0.05) is 11.7 Å². The van der Waals surface area contributed by atoms with Gasteiger partial charge in [-0.2, -0.15) is 0 Å². The third-order valence-electron chi connectivity index (χ3n) is 2.20. The zero-order valence-corrected chi connectivity index (χ0v) is 7.91. The Hall–Kier alpha value is -1.77. The van der Waals surface area contributed by atoms with Crippen molar-refractivity contribution in [2.75, 3.05) is 7.11 Å². The third-order valence-corrected chi connectivity index (χ3v) is 2.20. The molecule has 0 radical (unpaired) electrons. The number of aromatic nitrogens is 1. The molecule has 0 aliphatic rings. The summed E-state index contributed by atoms with van der Waals surface area (Å²) in [6.45, 7) is 0. The summed E-state index contributed by atoms with van der Waals surface area (Å²) in [5, 5.41) is 1.15. The summed E-state index contributed by atoms with van der Waals surface area (Å²) in [4.78, 5) is 14.1. The molecule has 0 unspecified atom stereocenters. The number of ether oxygens (including phenoxy) is 1. The van der Waals surface area contributed by atoms with E-state index in [2.05, 4.69) is 9.72 Å². The second-order valence-corrected chi connectivity index (χ2v) is 3.15. The van der Waals surface area contributed by atoms with E-state index in [1.165, 1.54) is 7.11 Å². The normalized spacial score (nSPS) is 10.4. The van der Waals surface area contributed by atoms with Crippen molar-refractivity contribution in [3.05, 3.63) is 36.0 Å². The third kappa shape index (κ3) is 1.62. The maximum atomic E-state index is 11.0. The molecule has 0 saturated heterocycles. The fourth-order valence-corrected chi connectivity index (χ4v) is 1.44. The number of carbonyl (C=O) groups is 1. The van der Waals surface area contributed by atoms with Crippen molar-refractivity contribution in [3.8, 4) is 0 Å². The highest BCUT2D eigenvalue weighted by atomic mass is 16.5. The molecule has 3 heteroatoms. The zero-order valence-electron chi connectivity index (χ0n) is 7.91. The van der Waals surface area contributed by atoms with E-state index in [0.29, 0.717) is 6.42 Å². The summed E-state index contributed by atoms with van der Waals surface area (Å²) in [7, 11) is 1.40. The van der Waals surface area contributed by atoms with Gasteiger partial charge in [-0.15, -0.1) is 0 Å². The van der Waals surface area contributed by atoms with E-state index in [4.69, 9.17) is 0 Å². The van der Waals surface area contributed by atoms with Crippen LogP contribution in [0.15, 0.2) is 30.5 Å². The van der Waals surface area contributed by atoms with Crippen molar-refractivity contribution in [1.29, 1.82) is 0 Å². The first-order valence-electron chi connectivity index (χ1n) is 4.42. The Kier molecular flexibility index (Phi) is 2.23. The van der Waals surface area contributed by atoms with E-state index in [1.807, 2.05) is 30.5 Å². The molecule has 0 aliphatic carbocycles. The lowest BCUT2D eigenvalue weighted by Crippen LogP contribution is -2.03. The van der Waals surface area contributed by atoms with Gasteiger partial charge in [-0.3, -0.25) is 4.79 Å². The van der Waals surface area contributed by atoms with Crippen LogP contribution in [0.2, 0.25) is 0 Å². The molecule has 0 fully saturated rings. The average Bonchev–Trinajstić information content (AvgIpc) is 2.64. The van der Waals surface area contributed by atoms with Crippen LogP contribution in [0.3, 0.4) is 0 Å². The first-order valence-corrected chi connectivity index (χ1v) is 4.42. The van der Waals surface area contributed by atoms with Crippen LogP contribution in [0.1, 0.15) is 5.56 Å². The van der Waals surface area contributed by atoms with Crippen LogP contribution in [0.4, 0.5) is 0 Å². The van der Waals surface area contributed by atoms with Crippen molar-refractivity contribution >= 4 is 16.9 Å². The summed E-state index contributed by atoms with van der Waals surface area (Å²) in [5.41, 5.74) is 2.01. The monoisotopic (exact) mass is 189 g/mol. The van der Waals surface area contributed by atoms with Gasteiger partial charge in [-0.25, -0.2) is 0 Å². The van der Waals surface area contributed by atoms with Gasteiger partial charge in [0.15, 0.2) is 0 Å². The lowest BCUT2D eigenvalue weighted by Gasteiger charge is -1.99.